The van der Waals surface area contributed by atoms with E-state index in [2.05, 4.69) is 125 Å². The van der Waals surface area contributed by atoms with Gasteiger partial charge in [0.2, 0.25) is 0 Å². The topological polar surface area (TPSA) is 0 Å². The number of benzene rings is 4. The fourth-order valence-electron chi connectivity index (χ4n) is 4.32. The Bertz CT molecular complexity index is 1700. The van der Waals surface area contributed by atoms with Crippen molar-refractivity contribution in [3.8, 4) is 11.1 Å². The standard InChI is InChI=1S/C15H10Br.C15H9S.Zr.2H/c16-15-8-4-7-12-9-13(10-14(12)15)11-5-2-1-3-6-11;1-3-10-8-13(5-1)16-15-6-2-4-11-7-12(10)9-14(11)15;;;/h1-10H;1-9H;;;/q2*-1;+4;2*-1. The van der Waals surface area contributed by atoms with E-state index in [-0.39, 0.29) is 29.1 Å². The van der Waals surface area contributed by atoms with Crippen LogP contribution in [0, 0.1) is 0 Å². The van der Waals surface area contributed by atoms with E-state index in [1.165, 1.54) is 52.8 Å². The zero-order valence-electron chi connectivity index (χ0n) is 19.8. The van der Waals surface area contributed by atoms with E-state index in [0.29, 0.717) is 0 Å². The Kier molecular flexibility index (Phi) is 6.47. The zero-order valence-corrected chi connectivity index (χ0v) is 22.6. The van der Waals surface area contributed by atoms with E-state index >= 15 is 0 Å². The molecule has 0 amide bonds. The van der Waals surface area contributed by atoms with Crippen LogP contribution in [0.25, 0.3) is 52.8 Å². The number of halogens is 1. The molecule has 0 unspecified atom stereocenters. The molecule has 33 heavy (non-hydrogen) atoms. The molecule has 3 heteroatoms. The molecule has 0 aliphatic carbocycles. The van der Waals surface area contributed by atoms with Gasteiger partial charge < -0.3 is 2.85 Å². The first-order valence-electron chi connectivity index (χ1n) is 10.6. The Morgan fingerprint density at radius 2 is 1.45 bits per heavy atom. The molecule has 1 heterocycles. The minimum absolute atomic E-state index is 0. The second kappa shape index (κ2) is 9.51. The summed E-state index contributed by atoms with van der Waals surface area (Å²) in [7, 11) is 0. The monoisotopic (exact) mass is 582 g/mol. The van der Waals surface area contributed by atoms with Crippen molar-refractivity contribution in [2.75, 3.05) is 0 Å². The van der Waals surface area contributed by atoms with Gasteiger partial charge in [-0.3, -0.25) is 0 Å². The molecule has 0 N–H and O–H groups in total. The van der Waals surface area contributed by atoms with Crippen LogP contribution >= 0.6 is 27.3 Å². The summed E-state index contributed by atoms with van der Waals surface area (Å²) in [6, 6.07) is 41.1. The molecule has 4 bridgehead atoms. The SMILES string of the molecule is Brc1cccc2cc(-c3ccccc3)[cH-]c12.[H-].[H-].[Zr+4].c1cc2cc(c1)c1cc3c(cccc3s2)[cH-]1. The van der Waals surface area contributed by atoms with E-state index < -0.39 is 0 Å². The molecule has 7 rings (SSSR count). The maximum atomic E-state index is 3.58. The van der Waals surface area contributed by atoms with Crippen molar-refractivity contribution in [1.82, 2.24) is 0 Å². The molecule has 0 atom stereocenters. The summed E-state index contributed by atoms with van der Waals surface area (Å²) in [5, 5.41) is 7.96. The van der Waals surface area contributed by atoms with E-state index in [4.69, 9.17) is 0 Å². The summed E-state index contributed by atoms with van der Waals surface area (Å²) in [5.74, 6) is 0. The molecule has 6 aromatic carbocycles. The maximum absolute atomic E-state index is 3.58. The minimum atomic E-state index is 0. The van der Waals surface area contributed by atoms with Crippen molar-refractivity contribution in [3.05, 3.63) is 120 Å². The van der Waals surface area contributed by atoms with Crippen molar-refractivity contribution in [2.24, 2.45) is 0 Å². The van der Waals surface area contributed by atoms with Gasteiger partial charge in [-0.25, -0.2) is 0 Å². The van der Waals surface area contributed by atoms with Gasteiger partial charge >= 0.3 is 26.2 Å². The molecule has 0 spiro atoms. The van der Waals surface area contributed by atoms with Crippen LogP contribution in [0.3, 0.4) is 0 Å². The summed E-state index contributed by atoms with van der Waals surface area (Å²) in [6.07, 6.45) is 0. The third kappa shape index (κ3) is 4.43. The fraction of sp³-hybridized carbons (Fsp3) is 0. The third-order valence-electron chi connectivity index (χ3n) is 5.91. The quantitative estimate of drug-likeness (QED) is 0.169. The summed E-state index contributed by atoms with van der Waals surface area (Å²) >= 11 is 5.44. The minimum Gasteiger partial charge on any atom is -1.00 e. The van der Waals surface area contributed by atoms with Crippen LogP contribution in [0.2, 0.25) is 0 Å². The van der Waals surface area contributed by atoms with Crippen LogP contribution in [0.5, 0.6) is 0 Å². The van der Waals surface area contributed by atoms with Crippen molar-refractivity contribution >= 4 is 69.0 Å². The van der Waals surface area contributed by atoms with E-state index in [0.717, 1.165) is 4.47 Å². The predicted molar refractivity (Wildman–Crippen MR) is 147 cm³/mol. The molecule has 0 radical (unpaired) electrons. The van der Waals surface area contributed by atoms with Crippen LogP contribution in [-0.4, -0.2) is 0 Å². The largest absolute Gasteiger partial charge is 4.00 e. The van der Waals surface area contributed by atoms with Gasteiger partial charge in [0.25, 0.3) is 0 Å². The van der Waals surface area contributed by atoms with E-state index in [9.17, 15) is 0 Å². The van der Waals surface area contributed by atoms with Gasteiger partial charge in [0.15, 0.2) is 0 Å². The maximum Gasteiger partial charge on any atom is 4.00 e. The molecule has 158 valence electrons. The van der Waals surface area contributed by atoms with Crippen LogP contribution < -0.4 is 0 Å². The first-order valence-corrected chi connectivity index (χ1v) is 12.2. The van der Waals surface area contributed by atoms with Crippen LogP contribution in [0.4, 0.5) is 0 Å². The summed E-state index contributed by atoms with van der Waals surface area (Å²) in [5.41, 5.74) is 2.55. The molecule has 0 nitrogen and oxygen atoms in total. The van der Waals surface area contributed by atoms with Gasteiger partial charge in [0.05, 0.1) is 0 Å². The Balaban J connectivity index is 0.000000180. The van der Waals surface area contributed by atoms with E-state index in [1.54, 1.807) is 0 Å². The number of hydrogen-bond donors (Lipinski definition) is 0. The third-order valence-corrected chi connectivity index (χ3v) is 7.67. The Hall–Kier alpha value is -2.32. The molecule has 7 aromatic rings. The van der Waals surface area contributed by atoms with Crippen molar-refractivity contribution < 1.29 is 29.1 Å². The van der Waals surface area contributed by atoms with Crippen LogP contribution in [0.15, 0.2) is 120 Å². The zero-order chi connectivity index (χ0) is 21.5. The molecule has 0 saturated heterocycles. The normalized spacial score (nSPS) is 10.9. The van der Waals surface area contributed by atoms with Gasteiger partial charge in [0, 0.05) is 4.70 Å². The van der Waals surface area contributed by atoms with Crippen LogP contribution in [0.1, 0.15) is 2.85 Å². The number of fused-ring (bicyclic) bond motifs is 5. The average Bonchev–Trinajstić information content (AvgIpc) is 3.46. The molecule has 0 aliphatic rings. The molecule has 0 aliphatic heterocycles. The van der Waals surface area contributed by atoms with Gasteiger partial charge in [-0.15, -0.1) is 84.7 Å². The number of hydrogen-bond acceptors (Lipinski definition) is 1. The Labute approximate surface area is 227 Å². The molecule has 0 fully saturated rings. The molecule has 0 saturated carbocycles. The van der Waals surface area contributed by atoms with Gasteiger partial charge in [0.1, 0.15) is 0 Å². The Morgan fingerprint density at radius 3 is 2.30 bits per heavy atom. The van der Waals surface area contributed by atoms with Gasteiger partial charge in [-0.1, -0.05) is 95.2 Å². The van der Waals surface area contributed by atoms with Gasteiger partial charge in [-0.2, -0.15) is 0 Å². The van der Waals surface area contributed by atoms with Crippen molar-refractivity contribution in [2.45, 2.75) is 0 Å². The van der Waals surface area contributed by atoms with Gasteiger partial charge in [-0.05, 0) is 15.2 Å². The van der Waals surface area contributed by atoms with Crippen LogP contribution in [-0.2, 0) is 26.2 Å². The smallest absolute Gasteiger partial charge is 1.00 e. The second-order valence-corrected chi connectivity index (χ2v) is 9.96. The van der Waals surface area contributed by atoms with E-state index in [1.807, 2.05) is 17.4 Å². The molecular weight excluding hydrogens is 564 g/mol. The second-order valence-electron chi connectivity index (χ2n) is 7.99. The summed E-state index contributed by atoms with van der Waals surface area (Å²) < 4.78 is 3.85. The number of rotatable bonds is 1. The molecular formula is C30H21BrSZr. The molecule has 1 aromatic heterocycles. The fourth-order valence-corrected chi connectivity index (χ4v) is 5.84. The summed E-state index contributed by atoms with van der Waals surface area (Å²) in [4.78, 5) is 0. The first-order chi connectivity index (χ1) is 15.7. The van der Waals surface area contributed by atoms with Crippen molar-refractivity contribution in [3.63, 3.8) is 0 Å². The van der Waals surface area contributed by atoms with Crippen molar-refractivity contribution in [1.29, 1.82) is 0 Å². The predicted octanol–water partition coefficient (Wildman–Crippen LogP) is 10.1. The summed E-state index contributed by atoms with van der Waals surface area (Å²) in [6.45, 7) is 0. The first kappa shape index (κ1) is 22.5. The Morgan fingerprint density at radius 1 is 0.667 bits per heavy atom. The average molecular weight is 585 g/mol.